The zero-order valence-corrected chi connectivity index (χ0v) is 9.15. The Hall–Kier alpha value is -0.300. The van der Waals surface area contributed by atoms with E-state index in [2.05, 4.69) is 46.5 Å². The first-order chi connectivity index (χ1) is 5.43. The van der Waals surface area contributed by atoms with E-state index in [1.807, 2.05) is 0 Å². The summed E-state index contributed by atoms with van der Waals surface area (Å²) < 4.78 is 0. The highest BCUT2D eigenvalue weighted by molar-refractivity contribution is 4.91. The van der Waals surface area contributed by atoms with Crippen molar-refractivity contribution in [2.24, 2.45) is 5.92 Å². The molecule has 0 saturated carbocycles. The second-order valence-electron chi connectivity index (χ2n) is 4.25. The summed E-state index contributed by atoms with van der Waals surface area (Å²) in [5.74, 6) is 0.685. The smallest absolute Gasteiger partial charge is 0.00697 e. The van der Waals surface area contributed by atoms with Crippen molar-refractivity contribution in [1.82, 2.24) is 5.32 Å². The Labute approximate surface area is 77.2 Å². The molecule has 0 rings (SSSR count). The van der Waals surface area contributed by atoms with Crippen LogP contribution < -0.4 is 5.32 Å². The molecule has 0 heterocycles. The Morgan fingerprint density at radius 3 is 2.08 bits per heavy atom. The van der Waals surface area contributed by atoms with Crippen LogP contribution in [-0.2, 0) is 0 Å². The minimum absolute atomic E-state index is 0.576. The minimum atomic E-state index is 0.576. The Balaban J connectivity index is 3.76. The maximum absolute atomic E-state index is 3.93. The molecule has 1 nitrogen and oxygen atoms in total. The number of hydrogen-bond acceptors (Lipinski definition) is 1. The average Bonchev–Trinajstić information content (AvgIpc) is 1.84. The van der Waals surface area contributed by atoms with E-state index >= 15 is 0 Å². The van der Waals surface area contributed by atoms with E-state index in [9.17, 15) is 0 Å². The van der Waals surface area contributed by atoms with Crippen LogP contribution in [0.1, 0.15) is 41.0 Å². The van der Waals surface area contributed by atoms with Gasteiger partial charge in [-0.1, -0.05) is 26.3 Å². The van der Waals surface area contributed by atoms with Crippen LogP contribution in [0, 0.1) is 5.92 Å². The van der Waals surface area contributed by atoms with E-state index in [1.54, 1.807) is 0 Å². The van der Waals surface area contributed by atoms with E-state index in [-0.39, 0.29) is 0 Å². The van der Waals surface area contributed by atoms with Crippen molar-refractivity contribution < 1.29 is 0 Å². The first-order valence-electron chi connectivity index (χ1n) is 4.84. The summed E-state index contributed by atoms with van der Waals surface area (Å²) in [7, 11) is 0. The SMILES string of the molecule is C=C(C)CC(C)C(C)NC(C)C. The number of hydrogen-bond donors (Lipinski definition) is 1. The minimum Gasteiger partial charge on any atom is -0.312 e. The monoisotopic (exact) mass is 169 g/mol. The lowest BCUT2D eigenvalue weighted by Gasteiger charge is -2.23. The molecule has 0 fully saturated rings. The van der Waals surface area contributed by atoms with Crippen LogP contribution in [0.4, 0.5) is 0 Å². The molecule has 1 N–H and O–H groups in total. The number of allylic oxidation sites excluding steroid dienone is 1. The first kappa shape index (κ1) is 11.7. The van der Waals surface area contributed by atoms with Crippen molar-refractivity contribution in [2.75, 3.05) is 0 Å². The molecular weight excluding hydrogens is 146 g/mol. The molecule has 0 spiro atoms. The summed E-state index contributed by atoms with van der Waals surface area (Å²) in [5, 5.41) is 3.51. The van der Waals surface area contributed by atoms with Crippen molar-refractivity contribution >= 4 is 0 Å². The topological polar surface area (TPSA) is 12.0 Å². The Bertz CT molecular complexity index is 138. The van der Waals surface area contributed by atoms with Gasteiger partial charge in [0.1, 0.15) is 0 Å². The highest BCUT2D eigenvalue weighted by Gasteiger charge is 2.12. The second kappa shape index (κ2) is 5.36. The predicted octanol–water partition coefficient (Wildman–Crippen LogP) is 2.98. The summed E-state index contributed by atoms with van der Waals surface area (Å²) >= 11 is 0. The van der Waals surface area contributed by atoms with Crippen LogP contribution in [-0.4, -0.2) is 12.1 Å². The molecule has 0 aromatic heterocycles. The van der Waals surface area contributed by atoms with Gasteiger partial charge >= 0.3 is 0 Å². The second-order valence-corrected chi connectivity index (χ2v) is 4.25. The van der Waals surface area contributed by atoms with Gasteiger partial charge in [0.15, 0.2) is 0 Å². The first-order valence-corrected chi connectivity index (χ1v) is 4.84. The number of rotatable bonds is 5. The van der Waals surface area contributed by atoms with Crippen molar-refractivity contribution in [3.05, 3.63) is 12.2 Å². The van der Waals surface area contributed by atoms with Gasteiger partial charge < -0.3 is 5.32 Å². The van der Waals surface area contributed by atoms with Gasteiger partial charge in [0.25, 0.3) is 0 Å². The Kier molecular flexibility index (Phi) is 5.23. The zero-order chi connectivity index (χ0) is 9.72. The molecule has 0 aromatic carbocycles. The summed E-state index contributed by atoms with van der Waals surface area (Å²) in [5.41, 5.74) is 1.28. The molecule has 0 aromatic rings. The largest absolute Gasteiger partial charge is 0.312 e. The maximum atomic E-state index is 3.93. The normalized spacial score (nSPS) is 16.2. The molecule has 0 radical (unpaired) electrons. The van der Waals surface area contributed by atoms with Crippen molar-refractivity contribution in [3.8, 4) is 0 Å². The lowest BCUT2D eigenvalue weighted by atomic mass is 9.96. The standard InChI is InChI=1S/C11H23N/c1-8(2)7-10(5)11(6)12-9(3)4/h9-12H,1,7H2,2-6H3. The van der Waals surface area contributed by atoms with E-state index in [4.69, 9.17) is 0 Å². The average molecular weight is 169 g/mol. The van der Waals surface area contributed by atoms with Crippen LogP contribution in [0.15, 0.2) is 12.2 Å². The lowest BCUT2D eigenvalue weighted by Crippen LogP contribution is -2.37. The molecule has 2 unspecified atom stereocenters. The molecule has 12 heavy (non-hydrogen) atoms. The molecule has 2 atom stereocenters. The molecule has 0 aliphatic rings. The fraction of sp³-hybridized carbons (Fsp3) is 0.818. The lowest BCUT2D eigenvalue weighted by molar-refractivity contribution is 0.371. The Morgan fingerprint density at radius 2 is 1.75 bits per heavy atom. The van der Waals surface area contributed by atoms with Crippen LogP contribution >= 0.6 is 0 Å². The fourth-order valence-electron chi connectivity index (χ4n) is 1.42. The van der Waals surface area contributed by atoms with Gasteiger partial charge in [0, 0.05) is 12.1 Å². The van der Waals surface area contributed by atoms with Gasteiger partial charge in [-0.25, -0.2) is 0 Å². The molecule has 1 heteroatoms. The quantitative estimate of drug-likeness (QED) is 0.624. The summed E-state index contributed by atoms with van der Waals surface area (Å²) in [6, 6.07) is 1.16. The molecule has 72 valence electrons. The van der Waals surface area contributed by atoms with E-state index < -0.39 is 0 Å². The van der Waals surface area contributed by atoms with E-state index in [1.165, 1.54) is 5.57 Å². The van der Waals surface area contributed by atoms with Gasteiger partial charge in [-0.2, -0.15) is 0 Å². The van der Waals surface area contributed by atoms with Gasteiger partial charge in [-0.3, -0.25) is 0 Å². The third-order valence-electron chi connectivity index (χ3n) is 2.12. The van der Waals surface area contributed by atoms with E-state index in [0.29, 0.717) is 18.0 Å². The third-order valence-corrected chi connectivity index (χ3v) is 2.12. The molecule has 0 amide bonds. The van der Waals surface area contributed by atoms with Crippen molar-refractivity contribution in [1.29, 1.82) is 0 Å². The van der Waals surface area contributed by atoms with Gasteiger partial charge in [0.05, 0.1) is 0 Å². The molecular formula is C11H23N. The third kappa shape index (κ3) is 5.36. The van der Waals surface area contributed by atoms with Crippen molar-refractivity contribution in [3.63, 3.8) is 0 Å². The predicted molar refractivity (Wildman–Crippen MR) is 56.3 cm³/mol. The van der Waals surface area contributed by atoms with Crippen LogP contribution in [0.2, 0.25) is 0 Å². The van der Waals surface area contributed by atoms with E-state index in [0.717, 1.165) is 6.42 Å². The summed E-state index contributed by atoms with van der Waals surface area (Å²) in [6.07, 6.45) is 1.13. The molecule has 0 saturated heterocycles. The maximum Gasteiger partial charge on any atom is 0.00697 e. The van der Waals surface area contributed by atoms with Gasteiger partial charge in [-0.05, 0) is 26.2 Å². The highest BCUT2D eigenvalue weighted by Crippen LogP contribution is 2.13. The van der Waals surface area contributed by atoms with Crippen molar-refractivity contribution in [2.45, 2.75) is 53.1 Å². The van der Waals surface area contributed by atoms with Gasteiger partial charge in [-0.15, -0.1) is 6.58 Å². The van der Waals surface area contributed by atoms with Gasteiger partial charge in [0.2, 0.25) is 0 Å². The number of nitrogens with one attached hydrogen (secondary N) is 1. The summed E-state index contributed by atoms with van der Waals surface area (Å²) in [4.78, 5) is 0. The highest BCUT2D eigenvalue weighted by atomic mass is 14.9. The zero-order valence-electron chi connectivity index (χ0n) is 9.15. The molecule has 0 aliphatic carbocycles. The summed E-state index contributed by atoms with van der Waals surface area (Å²) in [6.45, 7) is 14.9. The van der Waals surface area contributed by atoms with Crippen LogP contribution in [0.3, 0.4) is 0 Å². The van der Waals surface area contributed by atoms with Crippen LogP contribution in [0.5, 0.6) is 0 Å². The molecule has 0 bridgehead atoms. The molecule has 0 aliphatic heterocycles. The van der Waals surface area contributed by atoms with Crippen LogP contribution in [0.25, 0.3) is 0 Å². The Morgan fingerprint density at radius 1 is 1.25 bits per heavy atom. The fourth-order valence-corrected chi connectivity index (χ4v) is 1.42.